The monoisotopic (exact) mass is 648 g/mol. The lowest BCUT2D eigenvalue weighted by atomic mass is 9.86. The smallest absolute Gasteiger partial charge is 0.0640 e. The van der Waals surface area contributed by atoms with Gasteiger partial charge in [0.1, 0.15) is 0 Å². The lowest BCUT2D eigenvalue weighted by molar-refractivity contribution is 0.591. The van der Waals surface area contributed by atoms with Crippen molar-refractivity contribution < 1.29 is 0 Å². The van der Waals surface area contributed by atoms with Crippen LogP contribution < -0.4 is 4.90 Å². The zero-order chi connectivity index (χ0) is 33.1. The lowest BCUT2D eigenvalue weighted by Crippen LogP contribution is -2.10. The predicted octanol–water partition coefficient (Wildman–Crippen LogP) is 13.6. The highest BCUT2D eigenvalue weighted by atomic mass is 32.1. The summed E-state index contributed by atoms with van der Waals surface area (Å²) in [4.78, 5) is 2.41. The van der Waals surface area contributed by atoms with Gasteiger partial charge >= 0.3 is 0 Å². The van der Waals surface area contributed by atoms with Gasteiger partial charge < -0.3 is 9.47 Å². The average molecular weight is 649 g/mol. The molecule has 0 bridgehead atoms. The molecule has 3 heteroatoms. The molecule has 236 valence electrons. The van der Waals surface area contributed by atoms with Gasteiger partial charge in [-0.2, -0.15) is 0 Å². The zero-order valence-corrected chi connectivity index (χ0v) is 28.7. The number of anilines is 3. The molecular formula is C46H36N2S. The third-order valence-corrected chi connectivity index (χ3v) is 10.9. The van der Waals surface area contributed by atoms with E-state index in [2.05, 4.69) is 194 Å². The quantitative estimate of drug-likeness (QED) is 0.180. The van der Waals surface area contributed by atoms with Crippen molar-refractivity contribution in [2.75, 3.05) is 4.90 Å². The first-order valence-corrected chi connectivity index (χ1v) is 17.8. The molecule has 2 nitrogen and oxygen atoms in total. The number of para-hydroxylation sites is 2. The van der Waals surface area contributed by atoms with Crippen molar-refractivity contribution in [3.63, 3.8) is 0 Å². The molecule has 0 N–H and O–H groups in total. The molecule has 0 radical (unpaired) electrons. The maximum absolute atomic E-state index is 2.41. The van der Waals surface area contributed by atoms with Crippen LogP contribution in [0.15, 0.2) is 164 Å². The van der Waals surface area contributed by atoms with Crippen LogP contribution in [0, 0.1) is 0 Å². The van der Waals surface area contributed by atoms with E-state index in [1.807, 2.05) is 11.3 Å². The number of aromatic nitrogens is 1. The SMILES string of the molecule is CC(C)(C)c1ccc2c(c1)c1cc(-c3cccc(N(c4ccccc4)c4cccc5c4sc4ccccc45)c3)ccc1n2-c1ccccc1. The highest BCUT2D eigenvalue weighted by molar-refractivity contribution is 7.26. The Morgan fingerprint density at radius 2 is 1.12 bits per heavy atom. The number of hydrogen-bond acceptors (Lipinski definition) is 2. The summed E-state index contributed by atoms with van der Waals surface area (Å²) in [5.74, 6) is 0. The van der Waals surface area contributed by atoms with Crippen molar-refractivity contribution in [1.29, 1.82) is 0 Å². The summed E-state index contributed by atoms with van der Waals surface area (Å²) in [7, 11) is 0. The van der Waals surface area contributed by atoms with Gasteiger partial charge in [-0.15, -0.1) is 11.3 Å². The van der Waals surface area contributed by atoms with E-state index >= 15 is 0 Å². The first-order valence-electron chi connectivity index (χ1n) is 16.9. The highest BCUT2D eigenvalue weighted by Crippen LogP contribution is 2.45. The van der Waals surface area contributed by atoms with Crippen LogP contribution in [0.5, 0.6) is 0 Å². The third-order valence-electron chi connectivity index (χ3n) is 9.72. The van der Waals surface area contributed by atoms with Crippen molar-refractivity contribution in [2.45, 2.75) is 26.2 Å². The maximum Gasteiger partial charge on any atom is 0.0640 e. The van der Waals surface area contributed by atoms with E-state index in [9.17, 15) is 0 Å². The molecular weight excluding hydrogens is 613 g/mol. The Morgan fingerprint density at radius 1 is 0.490 bits per heavy atom. The number of rotatable bonds is 5. The van der Waals surface area contributed by atoms with E-state index in [1.165, 1.54) is 70.0 Å². The van der Waals surface area contributed by atoms with Gasteiger partial charge in [0.15, 0.2) is 0 Å². The van der Waals surface area contributed by atoms with Crippen molar-refractivity contribution in [1.82, 2.24) is 4.57 Å². The fraction of sp³-hybridized carbons (Fsp3) is 0.0870. The molecule has 0 aliphatic carbocycles. The second-order valence-electron chi connectivity index (χ2n) is 13.9. The minimum atomic E-state index is 0.0550. The van der Waals surface area contributed by atoms with Crippen molar-refractivity contribution in [3.05, 3.63) is 169 Å². The largest absolute Gasteiger partial charge is 0.309 e. The van der Waals surface area contributed by atoms with E-state index in [1.54, 1.807) is 0 Å². The Balaban J connectivity index is 1.24. The standard InChI is InChI=1S/C46H36N2S/c1-46(2,3)33-25-27-42-40(30-33)39-29-32(24-26-41(39)48(42)35-17-8-5-9-18-35)31-14-12-19-36(28-31)47(34-15-6-4-7-16-34)43-22-13-21-38-37-20-10-11-23-44(37)49-45(38)43/h4-30H,1-3H3. The number of nitrogens with zero attached hydrogens (tertiary/aromatic N) is 2. The number of hydrogen-bond donors (Lipinski definition) is 0. The molecule has 9 rings (SSSR count). The first-order chi connectivity index (χ1) is 23.9. The Bertz CT molecular complexity index is 2640. The maximum atomic E-state index is 2.41. The van der Waals surface area contributed by atoms with Gasteiger partial charge in [0.25, 0.3) is 0 Å². The topological polar surface area (TPSA) is 8.17 Å². The fourth-order valence-corrected chi connectivity index (χ4v) is 8.47. The lowest BCUT2D eigenvalue weighted by Gasteiger charge is -2.26. The summed E-state index contributed by atoms with van der Waals surface area (Å²) in [6.45, 7) is 6.87. The highest BCUT2D eigenvalue weighted by Gasteiger charge is 2.20. The van der Waals surface area contributed by atoms with Gasteiger partial charge in [-0.1, -0.05) is 112 Å². The van der Waals surface area contributed by atoms with Crippen LogP contribution in [0.25, 0.3) is 58.8 Å². The van der Waals surface area contributed by atoms with E-state index < -0.39 is 0 Å². The normalized spacial score (nSPS) is 12.0. The molecule has 49 heavy (non-hydrogen) atoms. The first kappa shape index (κ1) is 29.5. The fourth-order valence-electron chi connectivity index (χ4n) is 7.26. The second kappa shape index (κ2) is 11.5. The van der Waals surface area contributed by atoms with Gasteiger partial charge in [-0.25, -0.2) is 0 Å². The molecule has 0 spiro atoms. The molecule has 0 aliphatic rings. The van der Waals surface area contributed by atoms with Gasteiger partial charge in [-0.3, -0.25) is 0 Å². The molecule has 9 aromatic rings. The summed E-state index contributed by atoms with van der Waals surface area (Å²) >= 11 is 1.87. The minimum Gasteiger partial charge on any atom is -0.309 e. The van der Waals surface area contributed by atoms with Crippen LogP contribution in [-0.4, -0.2) is 4.57 Å². The summed E-state index contributed by atoms with van der Waals surface area (Å²) in [5.41, 5.74) is 10.9. The molecule has 0 fully saturated rings. The Hall–Kier alpha value is -5.64. The summed E-state index contributed by atoms with van der Waals surface area (Å²) < 4.78 is 5.01. The van der Waals surface area contributed by atoms with Crippen LogP contribution in [0.3, 0.4) is 0 Å². The van der Waals surface area contributed by atoms with Crippen LogP contribution in [-0.2, 0) is 5.41 Å². The molecule has 0 saturated heterocycles. The van der Waals surface area contributed by atoms with Crippen molar-refractivity contribution in [2.24, 2.45) is 0 Å². The van der Waals surface area contributed by atoms with Gasteiger partial charge in [0.05, 0.1) is 21.4 Å². The number of fused-ring (bicyclic) bond motifs is 6. The van der Waals surface area contributed by atoms with E-state index in [0.717, 1.165) is 11.4 Å². The Morgan fingerprint density at radius 3 is 1.92 bits per heavy atom. The van der Waals surface area contributed by atoms with Crippen molar-refractivity contribution in [3.8, 4) is 16.8 Å². The van der Waals surface area contributed by atoms with Crippen LogP contribution in [0.4, 0.5) is 17.1 Å². The molecule has 0 unspecified atom stereocenters. The van der Waals surface area contributed by atoms with Crippen LogP contribution >= 0.6 is 11.3 Å². The molecule has 0 atom stereocenters. The summed E-state index contributed by atoms with van der Waals surface area (Å²) in [6.07, 6.45) is 0. The molecule has 0 aliphatic heterocycles. The second-order valence-corrected chi connectivity index (χ2v) is 14.9. The average Bonchev–Trinajstić information content (AvgIpc) is 3.68. The number of benzene rings is 7. The van der Waals surface area contributed by atoms with Gasteiger partial charge in [-0.05, 0) is 94.9 Å². The third kappa shape index (κ3) is 5.01. The molecule has 0 saturated carbocycles. The van der Waals surface area contributed by atoms with E-state index in [-0.39, 0.29) is 5.41 Å². The summed E-state index contributed by atoms with van der Waals surface area (Å²) in [5, 5.41) is 5.16. The Kier molecular flexibility index (Phi) is 6.93. The van der Waals surface area contributed by atoms with Crippen LogP contribution in [0.1, 0.15) is 26.3 Å². The van der Waals surface area contributed by atoms with E-state index in [4.69, 9.17) is 0 Å². The summed E-state index contributed by atoms with van der Waals surface area (Å²) in [6, 6.07) is 59.9. The predicted molar refractivity (Wildman–Crippen MR) is 212 cm³/mol. The van der Waals surface area contributed by atoms with E-state index in [0.29, 0.717) is 0 Å². The van der Waals surface area contributed by atoms with Gasteiger partial charge in [0, 0.05) is 43.3 Å². The Labute approximate surface area is 291 Å². The van der Waals surface area contributed by atoms with Gasteiger partial charge in [0.2, 0.25) is 0 Å². The number of thiophene rings is 1. The molecule has 7 aromatic carbocycles. The van der Waals surface area contributed by atoms with Crippen LogP contribution in [0.2, 0.25) is 0 Å². The zero-order valence-electron chi connectivity index (χ0n) is 27.9. The molecule has 0 amide bonds. The minimum absolute atomic E-state index is 0.0550. The molecule has 2 aromatic heterocycles. The van der Waals surface area contributed by atoms with Crippen molar-refractivity contribution >= 4 is 70.4 Å². The molecule has 2 heterocycles.